The summed E-state index contributed by atoms with van der Waals surface area (Å²) in [5, 5.41) is 3.17. The van der Waals surface area contributed by atoms with Gasteiger partial charge in [-0.3, -0.25) is 9.80 Å². The zero-order valence-corrected chi connectivity index (χ0v) is 17.6. The molecule has 0 bridgehead atoms. The van der Waals surface area contributed by atoms with Crippen molar-refractivity contribution in [2.24, 2.45) is 0 Å². The summed E-state index contributed by atoms with van der Waals surface area (Å²) in [4.78, 5) is 19.9. The van der Waals surface area contributed by atoms with Crippen molar-refractivity contribution in [2.45, 2.75) is 39.4 Å². The first-order valence-corrected chi connectivity index (χ1v) is 10.8. The number of fused-ring (bicyclic) bond motifs is 1. The van der Waals surface area contributed by atoms with Gasteiger partial charge in [0.1, 0.15) is 0 Å². The molecule has 5 nitrogen and oxygen atoms in total. The number of likely N-dealkylation sites (N-methyl/N-ethyl adjacent to an activating group) is 1. The number of para-hydroxylation sites is 1. The molecule has 1 N–H and O–H groups in total. The van der Waals surface area contributed by atoms with Gasteiger partial charge in [0.2, 0.25) is 0 Å². The molecular weight excluding hydrogens is 360 g/mol. The summed E-state index contributed by atoms with van der Waals surface area (Å²) in [7, 11) is 0. The van der Waals surface area contributed by atoms with Crippen LogP contribution >= 0.6 is 0 Å². The fraction of sp³-hybridized carbons (Fsp3) is 0.458. The van der Waals surface area contributed by atoms with Crippen molar-refractivity contribution < 1.29 is 4.79 Å². The molecule has 2 aliphatic heterocycles. The Kier molecular flexibility index (Phi) is 6.16. The Bertz CT molecular complexity index is 844. The van der Waals surface area contributed by atoms with Crippen LogP contribution in [0.1, 0.15) is 30.5 Å². The van der Waals surface area contributed by atoms with E-state index in [2.05, 4.69) is 59.3 Å². The summed E-state index contributed by atoms with van der Waals surface area (Å²) < 4.78 is 0. The van der Waals surface area contributed by atoms with Crippen molar-refractivity contribution in [3.8, 4) is 0 Å². The van der Waals surface area contributed by atoms with Crippen molar-refractivity contribution in [1.29, 1.82) is 0 Å². The average Bonchev–Trinajstić information content (AvgIpc) is 3.09. The highest BCUT2D eigenvalue weighted by Crippen LogP contribution is 2.31. The highest BCUT2D eigenvalue weighted by atomic mass is 16.2. The lowest BCUT2D eigenvalue weighted by Gasteiger charge is -2.34. The lowest BCUT2D eigenvalue weighted by atomic mass is 10.1. The first-order chi connectivity index (χ1) is 14.2. The minimum absolute atomic E-state index is 0.00573. The molecule has 2 aromatic carbocycles. The number of anilines is 1. The van der Waals surface area contributed by atoms with E-state index in [0.717, 1.165) is 51.4 Å². The number of rotatable bonds is 5. The molecule has 0 aromatic heterocycles. The van der Waals surface area contributed by atoms with E-state index in [1.54, 1.807) is 0 Å². The zero-order valence-electron chi connectivity index (χ0n) is 17.6. The fourth-order valence-electron chi connectivity index (χ4n) is 4.52. The molecule has 2 amide bonds. The Morgan fingerprint density at radius 2 is 1.62 bits per heavy atom. The standard InChI is InChI=1S/C24H32N4O/c1-3-26-12-14-27(15-13-26)18-22-10-5-4-9-21(22)17-25-24(29)28-19(2)16-20-8-6-7-11-23(20)28/h4-11,19H,3,12-18H2,1-2H3,(H,25,29). The first kappa shape index (κ1) is 19.9. The van der Waals surface area contributed by atoms with Gasteiger partial charge in [-0.25, -0.2) is 4.79 Å². The van der Waals surface area contributed by atoms with Crippen molar-refractivity contribution in [1.82, 2.24) is 15.1 Å². The molecular formula is C24H32N4O. The van der Waals surface area contributed by atoms with E-state index in [1.165, 1.54) is 16.7 Å². The average molecular weight is 393 g/mol. The smallest absolute Gasteiger partial charge is 0.322 e. The summed E-state index contributed by atoms with van der Waals surface area (Å²) in [5.41, 5.74) is 4.81. The number of amides is 2. The van der Waals surface area contributed by atoms with Crippen molar-refractivity contribution in [3.63, 3.8) is 0 Å². The molecule has 154 valence electrons. The second-order valence-electron chi connectivity index (χ2n) is 8.19. The van der Waals surface area contributed by atoms with Crippen molar-refractivity contribution in [2.75, 3.05) is 37.6 Å². The van der Waals surface area contributed by atoms with Crippen molar-refractivity contribution in [3.05, 3.63) is 65.2 Å². The van der Waals surface area contributed by atoms with Crippen LogP contribution in [0.5, 0.6) is 0 Å². The lowest BCUT2D eigenvalue weighted by molar-refractivity contribution is 0.131. The molecule has 0 aliphatic carbocycles. The zero-order chi connectivity index (χ0) is 20.2. The van der Waals surface area contributed by atoms with Crippen LogP contribution in [-0.2, 0) is 19.5 Å². The van der Waals surface area contributed by atoms with Crippen LogP contribution in [0.2, 0.25) is 0 Å². The SMILES string of the molecule is CCN1CCN(Cc2ccccc2CNC(=O)N2c3ccccc3CC2C)CC1. The predicted molar refractivity (Wildman–Crippen MR) is 118 cm³/mol. The predicted octanol–water partition coefficient (Wildman–Crippen LogP) is 3.48. The molecule has 4 rings (SSSR count). The summed E-state index contributed by atoms with van der Waals surface area (Å²) in [6.45, 7) is 11.5. The van der Waals surface area contributed by atoms with E-state index >= 15 is 0 Å². The number of benzene rings is 2. The number of urea groups is 1. The number of hydrogen-bond donors (Lipinski definition) is 1. The van der Waals surface area contributed by atoms with Crippen LogP contribution in [0.4, 0.5) is 10.5 Å². The third kappa shape index (κ3) is 4.46. The molecule has 0 radical (unpaired) electrons. The number of carbonyl (C=O) groups excluding carboxylic acids is 1. The maximum Gasteiger partial charge on any atom is 0.322 e. The Morgan fingerprint density at radius 1 is 0.966 bits per heavy atom. The van der Waals surface area contributed by atoms with Crippen LogP contribution in [0.25, 0.3) is 0 Å². The highest BCUT2D eigenvalue weighted by molar-refractivity contribution is 5.94. The molecule has 1 saturated heterocycles. The third-order valence-corrected chi connectivity index (χ3v) is 6.28. The molecule has 1 unspecified atom stereocenters. The fourth-order valence-corrected chi connectivity index (χ4v) is 4.52. The van der Waals surface area contributed by atoms with E-state index in [9.17, 15) is 4.79 Å². The minimum atomic E-state index is -0.00573. The lowest BCUT2D eigenvalue weighted by Crippen LogP contribution is -2.45. The number of piperazine rings is 1. The summed E-state index contributed by atoms with van der Waals surface area (Å²) in [6, 6.07) is 16.9. The Balaban J connectivity index is 1.39. The van der Waals surface area contributed by atoms with Gasteiger partial charge < -0.3 is 10.2 Å². The van der Waals surface area contributed by atoms with E-state index < -0.39 is 0 Å². The summed E-state index contributed by atoms with van der Waals surface area (Å²) >= 11 is 0. The molecule has 5 heteroatoms. The van der Waals surface area contributed by atoms with Gasteiger partial charge in [0, 0.05) is 51.0 Å². The van der Waals surface area contributed by atoms with E-state index in [1.807, 2.05) is 23.1 Å². The Hall–Kier alpha value is -2.37. The van der Waals surface area contributed by atoms with Crippen LogP contribution in [0.15, 0.2) is 48.5 Å². The van der Waals surface area contributed by atoms with Gasteiger partial charge in [-0.2, -0.15) is 0 Å². The van der Waals surface area contributed by atoms with Gasteiger partial charge in [0.05, 0.1) is 0 Å². The molecule has 2 aromatic rings. The second-order valence-corrected chi connectivity index (χ2v) is 8.19. The number of carbonyl (C=O) groups is 1. The highest BCUT2D eigenvalue weighted by Gasteiger charge is 2.30. The second kappa shape index (κ2) is 8.97. The van der Waals surface area contributed by atoms with E-state index in [0.29, 0.717) is 6.54 Å². The van der Waals surface area contributed by atoms with Gasteiger partial charge >= 0.3 is 6.03 Å². The maximum absolute atomic E-state index is 13.0. The number of nitrogens with one attached hydrogen (secondary N) is 1. The molecule has 29 heavy (non-hydrogen) atoms. The molecule has 1 fully saturated rings. The Labute approximate surface area is 174 Å². The molecule has 1 atom stereocenters. The van der Waals surface area contributed by atoms with Crippen LogP contribution in [-0.4, -0.2) is 54.6 Å². The van der Waals surface area contributed by atoms with E-state index in [4.69, 9.17) is 0 Å². The summed E-state index contributed by atoms with van der Waals surface area (Å²) in [6.07, 6.45) is 0.921. The van der Waals surface area contributed by atoms with Crippen LogP contribution < -0.4 is 10.2 Å². The normalized spacial score (nSPS) is 19.9. The first-order valence-electron chi connectivity index (χ1n) is 10.8. The number of nitrogens with zero attached hydrogens (tertiary/aromatic N) is 3. The van der Waals surface area contributed by atoms with Gasteiger partial charge in [-0.1, -0.05) is 49.4 Å². The maximum atomic E-state index is 13.0. The van der Waals surface area contributed by atoms with Crippen LogP contribution in [0, 0.1) is 0 Å². The largest absolute Gasteiger partial charge is 0.334 e. The van der Waals surface area contributed by atoms with E-state index in [-0.39, 0.29) is 12.1 Å². The molecule has 2 aliphatic rings. The minimum Gasteiger partial charge on any atom is -0.334 e. The summed E-state index contributed by atoms with van der Waals surface area (Å²) in [5.74, 6) is 0. The molecule has 0 saturated carbocycles. The van der Waals surface area contributed by atoms with Crippen LogP contribution in [0.3, 0.4) is 0 Å². The van der Waals surface area contributed by atoms with Gasteiger partial charge in [0.15, 0.2) is 0 Å². The van der Waals surface area contributed by atoms with Gasteiger partial charge in [-0.15, -0.1) is 0 Å². The quantitative estimate of drug-likeness (QED) is 0.847. The molecule has 2 heterocycles. The van der Waals surface area contributed by atoms with Gasteiger partial charge in [0.25, 0.3) is 0 Å². The Morgan fingerprint density at radius 3 is 2.38 bits per heavy atom. The van der Waals surface area contributed by atoms with Crippen molar-refractivity contribution >= 4 is 11.7 Å². The molecule has 0 spiro atoms. The van der Waals surface area contributed by atoms with Gasteiger partial charge in [-0.05, 0) is 42.6 Å². The number of hydrogen-bond acceptors (Lipinski definition) is 3. The topological polar surface area (TPSA) is 38.8 Å². The third-order valence-electron chi connectivity index (χ3n) is 6.28. The monoisotopic (exact) mass is 392 g/mol.